The van der Waals surface area contributed by atoms with Crippen molar-refractivity contribution < 1.29 is 23.5 Å². The highest BCUT2D eigenvalue weighted by molar-refractivity contribution is 6.99. The van der Waals surface area contributed by atoms with Crippen molar-refractivity contribution in [1.29, 1.82) is 0 Å². The molecule has 2 aromatic rings. The number of esters is 1. The van der Waals surface area contributed by atoms with E-state index < -0.39 is 40.9 Å². The van der Waals surface area contributed by atoms with Crippen LogP contribution in [0.4, 0.5) is 0 Å². The summed E-state index contributed by atoms with van der Waals surface area (Å²) in [6.07, 6.45) is -2.82. The minimum absolute atomic E-state index is 0.0868. The smallest absolute Gasteiger partial charge is 0.337 e. The molecule has 7 heteroatoms. The molecule has 0 amide bonds. The van der Waals surface area contributed by atoms with Gasteiger partial charge in [-0.2, -0.15) is 0 Å². The molecule has 3 rings (SSSR count). The Kier molecular flexibility index (Phi) is 7.65. The zero-order valence-corrected chi connectivity index (χ0v) is 23.8. The number of hydrogen-bond acceptors (Lipinski definition) is 5. The second kappa shape index (κ2) is 9.70. The Bertz CT molecular complexity index is 925. The summed E-state index contributed by atoms with van der Waals surface area (Å²) in [5.41, 5.74) is 0. The third kappa shape index (κ3) is 5.09. The van der Waals surface area contributed by atoms with Crippen LogP contribution in [0.3, 0.4) is 0 Å². The lowest BCUT2D eigenvalue weighted by Gasteiger charge is -2.43. The Morgan fingerprint density at radius 2 is 1.32 bits per heavy atom. The maximum absolute atomic E-state index is 12.7. The molecule has 0 bridgehead atoms. The lowest BCUT2D eigenvalue weighted by atomic mass is 10.1. The number of cyclic esters (lactones) is 1. The topological polar surface area (TPSA) is 65.0 Å². The second-order valence-corrected chi connectivity index (χ2v) is 20.8. The molecule has 186 valence electrons. The van der Waals surface area contributed by atoms with Crippen LogP contribution < -0.4 is 10.4 Å². The molecular formula is C27H40O5Si2. The van der Waals surface area contributed by atoms with E-state index in [4.69, 9.17) is 13.6 Å². The minimum atomic E-state index is -2.80. The lowest BCUT2D eigenvalue weighted by molar-refractivity contribution is -0.147. The van der Waals surface area contributed by atoms with Gasteiger partial charge >= 0.3 is 5.97 Å². The molecule has 1 aliphatic rings. The molecule has 5 nitrogen and oxygen atoms in total. The number of ether oxygens (including phenoxy) is 1. The first-order valence-corrected chi connectivity index (χ1v) is 16.8. The van der Waals surface area contributed by atoms with Gasteiger partial charge in [0.05, 0.1) is 6.61 Å². The summed E-state index contributed by atoms with van der Waals surface area (Å²) in [6.45, 7) is 17.1. The third-order valence-corrected chi connectivity index (χ3v) is 16.8. The molecule has 3 atom stereocenters. The predicted molar refractivity (Wildman–Crippen MR) is 142 cm³/mol. The Labute approximate surface area is 206 Å². The van der Waals surface area contributed by atoms with Gasteiger partial charge in [0.25, 0.3) is 8.32 Å². The van der Waals surface area contributed by atoms with Gasteiger partial charge in [-0.3, -0.25) is 0 Å². The van der Waals surface area contributed by atoms with Crippen LogP contribution >= 0.6 is 0 Å². The van der Waals surface area contributed by atoms with Crippen molar-refractivity contribution in [2.24, 2.45) is 0 Å². The van der Waals surface area contributed by atoms with Crippen LogP contribution in [0.5, 0.6) is 0 Å². The van der Waals surface area contributed by atoms with Gasteiger partial charge in [-0.15, -0.1) is 0 Å². The van der Waals surface area contributed by atoms with Crippen molar-refractivity contribution in [3.05, 3.63) is 60.7 Å². The molecule has 1 saturated heterocycles. The van der Waals surface area contributed by atoms with Gasteiger partial charge in [0.2, 0.25) is 0 Å². The van der Waals surface area contributed by atoms with Crippen molar-refractivity contribution in [3.8, 4) is 0 Å². The van der Waals surface area contributed by atoms with E-state index in [1.54, 1.807) is 0 Å². The number of aliphatic hydroxyl groups is 1. The Balaban J connectivity index is 1.92. The first-order valence-electron chi connectivity index (χ1n) is 12.0. The molecule has 1 heterocycles. The Hall–Kier alpha value is -1.78. The van der Waals surface area contributed by atoms with E-state index in [9.17, 15) is 9.90 Å². The van der Waals surface area contributed by atoms with E-state index in [1.807, 2.05) is 36.4 Å². The molecule has 0 radical (unpaired) electrons. The molecule has 1 aliphatic heterocycles. The van der Waals surface area contributed by atoms with E-state index in [1.165, 1.54) is 0 Å². The highest BCUT2D eigenvalue weighted by Crippen LogP contribution is 2.40. The van der Waals surface area contributed by atoms with E-state index in [0.29, 0.717) is 0 Å². The molecule has 0 unspecified atom stereocenters. The van der Waals surface area contributed by atoms with Gasteiger partial charge < -0.3 is 18.7 Å². The van der Waals surface area contributed by atoms with E-state index >= 15 is 0 Å². The molecule has 1 fully saturated rings. The maximum Gasteiger partial charge on any atom is 0.337 e. The minimum Gasteiger partial charge on any atom is -0.455 e. The molecule has 34 heavy (non-hydrogen) atoms. The van der Waals surface area contributed by atoms with Crippen molar-refractivity contribution in [2.45, 2.75) is 83.0 Å². The van der Waals surface area contributed by atoms with E-state index in [2.05, 4.69) is 78.9 Å². The fourth-order valence-corrected chi connectivity index (χ4v) is 10.1. The average molecular weight is 501 g/mol. The summed E-state index contributed by atoms with van der Waals surface area (Å²) in [7, 11) is -5.07. The van der Waals surface area contributed by atoms with Gasteiger partial charge in [0.1, 0.15) is 6.10 Å². The zero-order chi connectivity index (χ0) is 25.4. The van der Waals surface area contributed by atoms with Crippen LogP contribution in [0, 0.1) is 0 Å². The van der Waals surface area contributed by atoms with Gasteiger partial charge in [-0.05, 0) is 33.5 Å². The normalized spacial score (nSPS) is 22.0. The highest BCUT2D eigenvalue weighted by Gasteiger charge is 2.54. The van der Waals surface area contributed by atoms with Crippen molar-refractivity contribution in [1.82, 2.24) is 0 Å². The monoisotopic (exact) mass is 500 g/mol. The highest BCUT2D eigenvalue weighted by atomic mass is 28.4. The predicted octanol–water partition coefficient (Wildman–Crippen LogP) is 4.24. The first-order chi connectivity index (χ1) is 15.7. The third-order valence-electron chi connectivity index (χ3n) is 7.30. The molecular weight excluding hydrogens is 460 g/mol. The molecule has 1 N–H and O–H groups in total. The maximum atomic E-state index is 12.7. The SMILES string of the molecule is CC(C)(C)[Si](C)(C)O[C@H]1C(=O)O[C@H](CO[Si](c2ccccc2)(c2ccccc2)C(C)(C)C)[C@H]1O. The standard InChI is InChI=1S/C27H40O5Si2/c1-26(2,3)33(7,8)32-24-23(28)22(31-25(24)29)19-30-34(27(4,5)6,20-15-11-9-12-16-20)21-17-13-10-14-18-21/h9-18,22-24,28H,19H2,1-8H3/t22-,23-,24-/m1/s1. The molecule has 0 aliphatic carbocycles. The van der Waals surface area contributed by atoms with Crippen molar-refractivity contribution >= 4 is 33.0 Å². The second-order valence-electron chi connectivity index (χ2n) is 11.7. The number of carbonyl (C=O) groups excluding carboxylic acids is 1. The molecule has 0 aromatic heterocycles. The molecule has 2 aromatic carbocycles. The largest absolute Gasteiger partial charge is 0.455 e. The number of rotatable bonds is 7. The van der Waals surface area contributed by atoms with Crippen LogP contribution in [-0.4, -0.2) is 52.6 Å². The zero-order valence-electron chi connectivity index (χ0n) is 21.8. The van der Waals surface area contributed by atoms with Crippen molar-refractivity contribution in [3.63, 3.8) is 0 Å². The van der Waals surface area contributed by atoms with Crippen LogP contribution in [0.1, 0.15) is 41.5 Å². The Morgan fingerprint density at radius 3 is 1.74 bits per heavy atom. The Morgan fingerprint density at radius 1 is 0.853 bits per heavy atom. The quantitative estimate of drug-likeness (QED) is 0.455. The summed E-state index contributed by atoms with van der Waals surface area (Å²) < 4.78 is 18.8. The summed E-state index contributed by atoms with van der Waals surface area (Å²) in [4.78, 5) is 12.7. The van der Waals surface area contributed by atoms with Crippen LogP contribution in [0.2, 0.25) is 23.2 Å². The fraction of sp³-hybridized carbons (Fsp3) is 0.519. The van der Waals surface area contributed by atoms with Crippen LogP contribution in [-0.2, 0) is 18.4 Å². The van der Waals surface area contributed by atoms with E-state index in [-0.39, 0.29) is 16.7 Å². The van der Waals surface area contributed by atoms with Crippen molar-refractivity contribution in [2.75, 3.05) is 6.61 Å². The summed E-state index contributed by atoms with van der Waals surface area (Å²) in [5.74, 6) is -0.506. The van der Waals surface area contributed by atoms with Gasteiger partial charge in [0.15, 0.2) is 20.5 Å². The van der Waals surface area contributed by atoms with Crippen LogP contribution in [0.15, 0.2) is 60.7 Å². The number of aliphatic hydroxyl groups excluding tert-OH is 1. The summed E-state index contributed by atoms with van der Waals surface area (Å²) >= 11 is 0. The summed E-state index contributed by atoms with van der Waals surface area (Å²) in [5, 5.41) is 13.1. The molecule has 0 saturated carbocycles. The van der Waals surface area contributed by atoms with Crippen LogP contribution in [0.25, 0.3) is 0 Å². The average Bonchev–Trinajstić information content (AvgIpc) is 3.01. The first kappa shape index (κ1) is 26.8. The molecule has 0 spiro atoms. The van der Waals surface area contributed by atoms with Gasteiger partial charge in [-0.1, -0.05) is 102 Å². The summed E-state index contributed by atoms with van der Waals surface area (Å²) in [6, 6.07) is 20.6. The number of hydrogen-bond donors (Lipinski definition) is 1. The number of carbonyl (C=O) groups is 1. The van der Waals surface area contributed by atoms with Gasteiger partial charge in [-0.25, -0.2) is 4.79 Å². The lowest BCUT2D eigenvalue weighted by Crippen LogP contribution is -2.67. The fourth-order valence-electron chi connectivity index (χ4n) is 4.33. The number of benzene rings is 2. The van der Waals surface area contributed by atoms with Gasteiger partial charge in [0, 0.05) is 0 Å². The van der Waals surface area contributed by atoms with E-state index in [0.717, 1.165) is 10.4 Å².